The van der Waals surface area contributed by atoms with Crippen LogP contribution in [-0.2, 0) is 13.0 Å². The van der Waals surface area contributed by atoms with Crippen molar-refractivity contribution in [2.45, 2.75) is 57.7 Å². The van der Waals surface area contributed by atoms with Crippen LogP contribution in [0.5, 0.6) is 0 Å². The molecular formula is C22H27FN2. The van der Waals surface area contributed by atoms with E-state index in [1.165, 1.54) is 48.1 Å². The summed E-state index contributed by atoms with van der Waals surface area (Å²) in [4.78, 5) is 2.40. The van der Waals surface area contributed by atoms with Crippen molar-refractivity contribution < 1.29 is 4.39 Å². The first-order chi connectivity index (χ1) is 12.3. The summed E-state index contributed by atoms with van der Waals surface area (Å²) < 4.78 is 13.3. The molecule has 0 spiro atoms. The predicted octanol–water partition coefficient (Wildman–Crippen LogP) is 4.36. The molecule has 1 N–H and O–H groups in total. The zero-order valence-electron chi connectivity index (χ0n) is 14.9. The number of piperidine rings is 1. The lowest BCUT2D eigenvalue weighted by atomic mass is 9.84. The zero-order valence-corrected chi connectivity index (χ0v) is 14.9. The lowest BCUT2D eigenvalue weighted by molar-refractivity contribution is 0.145. The standard InChI is InChI=1S/C22H27FN2/c23-18-7-9-25(10-8-18)14-15-5-6-20-17(11-15)12-21-19-4-2-1-3-16(19)13-24-22(20)21/h5-6,11,18,24H,1-4,7-10,12-14H2. The normalized spacial score (nSPS) is 24.0. The highest BCUT2D eigenvalue weighted by atomic mass is 19.1. The van der Waals surface area contributed by atoms with Crippen LogP contribution in [0.1, 0.15) is 55.2 Å². The number of alkyl halides is 1. The number of nitrogens with zero attached hydrogens (tertiary/aromatic N) is 1. The minimum absolute atomic E-state index is 0.587. The van der Waals surface area contributed by atoms with Crippen molar-refractivity contribution in [3.05, 3.63) is 51.6 Å². The SMILES string of the molecule is FC1CCN(Cc2ccc3c(c2)CC2=C3NCC3=C2CCCC3)CC1. The molecule has 0 unspecified atom stereocenters. The second-order valence-corrected chi connectivity index (χ2v) is 8.12. The Morgan fingerprint density at radius 2 is 1.92 bits per heavy atom. The van der Waals surface area contributed by atoms with Crippen LogP contribution >= 0.6 is 0 Å². The zero-order chi connectivity index (χ0) is 16.8. The van der Waals surface area contributed by atoms with Gasteiger partial charge in [-0.15, -0.1) is 0 Å². The second-order valence-electron chi connectivity index (χ2n) is 8.12. The molecule has 2 aliphatic carbocycles. The molecule has 2 aliphatic heterocycles. The number of rotatable bonds is 2. The monoisotopic (exact) mass is 338 g/mol. The third-order valence-corrected chi connectivity index (χ3v) is 6.46. The summed E-state index contributed by atoms with van der Waals surface area (Å²) in [7, 11) is 0. The van der Waals surface area contributed by atoms with E-state index < -0.39 is 6.17 Å². The molecule has 1 aromatic carbocycles. The fraction of sp³-hybridized carbons (Fsp3) is 0.545. The highest BCUT2D eigenvalue weighted by Gasteiger charge is 2.30. The van der Waals surface area contributed by atoms with Gasteiger partial charge in [0.05, 0.1) is 0 Å². The summed E-state index contributed by atoms with van der Waals surface area (Å²) in [6, 6.07) is 7.00. The molecule has 3 heteroatoms. The van der Waals surface area contributed by atoms with Gasteiger partial charge in [-0.05, 0) is 66.4 Å². The van der Waals surface area contributed by atoms with Crippen LogP contribution in [0.3, 0.4) is 0 Å². The number of hydrogen-bond acceptors (Lipinski definition) is 2. The average molecular weight is 338 g/mol. The highest BCUT2D eigenvalue weighted by molar-refractivity contribution is 5.80. The number of nitrogens with one attached hydrogen (secondary N) is 1. The number of halogens is 1. The van der Waals surface area contributed by atoms with Gasteiger partial charge in [-0.1, -0.05) is 18.2 Å². The Balaban J connectivity index is 1.36. The summed E-state index contributed by atoms with van der Waals surface area (Å²) in [5.41, 5.74) is 10.6. The van der Waals surface area contributed by atoms with Gasteiger partial charge in [0.25, 0.3) is 0 Å². The quantitative estimate of drug-likeness (QED) is 0.862. The third kappa shape index (κ3) is 2.83. The van der Waals surface area contributed by atoms with Gasteiger partial charge >= 0.3 is 0 Å². The summed E-state index contributed by atoms with van der Waals surface area (Å²) >= 11 is 0. The predicted molar refractivity (Wildman–Crippen MR) is 100.0 cm³/mol. The number of benzene rings is 1. The molecule has 0 amide bonds. The molecule has 25 heavy (non-hydrogen) atoms. The lowest BCUT2D eigenvalue weighted by Crippen LogP contribution is -2.33. The van der Waals surface area contributed by atoms with Crippen LogP contribution in [0.2, 0.25) is 0 Å². The first-order valence-corrected chi connectivity index (χ1v) is 9.95. The van der Waals surface area contributed by atoms with E-state index in [0.717, 1.165) is 32.6 Å². The van der Waals surface area contributed by atoms with Crippen LogP contribution < -0.4 is 5.32 Å². The summed E-state index contributed by atoms with van der Waals surface area (Å²) in [6.07, 6.45) is 7.16. The van der Waals surface area contributed by atoms with Crippen LogP contribution in [0.15, 0.2) is 34.9 Å². The number of hydrogen-bond donors (Lipinski definition) is 1. The Labute approximate surface area is 149 Å². The van der Waals surface area contributed by atoms with Gasteiger partial charge in [0.2, 0.25) is 0 Å². The van der Waals surface area contributed by atoms with Crippen molar-refractivity contribution in [3.8, 4) is 0 Å². The van der Waals surface area contributed by atoms with E-state index in [1.54, 1.807) is 16.7 Å². The van der Waals surface area contributed by atoms with E-state index in [2.05, 4.69) is 28.4 Å². The summed E-state index contributed by atoms with van der Waals surface area (Å²) in [5, 5.41) is 3.71. The molecule has 2 nitrogen and oxygen atoms in total. The topological polar surface area (TPSA) is 15.3 Å². The Morgan fingerprint density at radius 3 is 2.80 bits per heavy atom. The van der Waals surface area contributed by atoms with Gasteiger partial charge < -0.3 is 5.32 Å². The molecule has 2 heterocycles. The van der Waals surface area contributed by atoms with Gasteiger partial charge in [-0.2, -0.15) is 0 Å². The Morgan fingerprint density at radius 1 is 1.08 bits per heavy atom. The van der Waals surface area contributed by atoms with E-state index in [9.17, 15) is 4.39 Å². The van der Waals surface area contributed by atoms with Gasteiger partial charge in [0.1, 0.15) is 6.17 Å². The summed E-state index contributed by atoms with van der Waals surface area (Å²) in [6.45, 7) is 3.80. The van der Waals surface area contributed by atoms with Crippen molar-refractivity contribution >= 4 is 5.70 Å². The Hall–Kier alpha value is -1.61. The van der Waals surface area contributed by atoms with Crippen molar-refractivity contribution in [2.75, 3.05) is 19.6 Å². The van der Waals surface area contributed by atoms with Gasteiger partial charge in [0.15, 0.2) is 0 Å². The minimum Gasteiger partial charge on any atom is -0.381 e. The van der Waals surface area contributed by atoms with E-state index >= 15 is 0 Å². The fourth-order valence-electron chi connectivity index (χ4n) is 5.08. The van der Waals surface area contributed by atoms with Gasteiger partial charge in [-0.25, -0.2) is 4.39 Å². The van der Waals surface area contributed by atoms with Crippen LogP contribution in [-0.4, -0.2) is 30.7 Å². The molecule has 1 saturated heterocycles. The van der Waals surface area contributed by atoms with E-state index in [4.69, 9.17) is 0 Å². The van der Waals surface area contributed by atoms with Crippen molar-refractivity contribution in [2.24, 2.45) is 0 Å². The fourth-order valence-corrected chi connectivity index (χ4v) is 5.08. The maximum Gasteiger partial charge on any atom is 0.103 e. The largest absolute Gasteiger partial charge is 0.381 e. The number of likely N-dealkylation sites (tertiary alicyclic amines) is 1. The smallest absolute Gasteiger partial charge is 0.103 e. The number of fused-ring (bicyclic) bond motifs is 3. The molecule has 132 valence electrons. The van der Waals surface area contributed by atoms with Crippen LogP contribution in [0, 0.1) is 0 Å². The molecule has 4 aliphatic rings. The molecule has 0 saturated carbocycles. The first-order valence-electron chi connectivity index (χ1n) is 9.95. The number of dihydropyridines is 1. The highest BCUT2D eigenvalue weighted by Crippen LogP contribution is 2.42. The lowest BCUT2D eigenvalue weighted by Gasteiger charge is -2.28. The van der Waals surface area contributed by atoms with Gasteiger partial charge in [-0.3, -0.25) is 4.90 Å². The molecule has 1 fully saturated rings. The van der Waals surface area contributed by atoms with E-state index in [0.29, 0.717) is 12.8 Å². The second kappa shape index (κ2) is 6.28. The third-order valence-electron chi connectivity index (χ3n) is 6.46. The van der Waals surface area contributed by atoms with Crippen LogP contribution in [0.4, 0.5) is 4.39 Å². The molecule has 5 rings (SSSR count). The Bertz CT molecular complexity index is 753. The molecule has 1 aromatic rings. The van der Waals surface area contributed by atoms with Crippen LogP contribution in [0.25, 0.3) is 5.70 Å². The summed E-state index contributed by atoms with van der Waals surface area (Å²) in [5.74, 6) is 0. The van der Waals surface area contributed by atoms with Gasteiger partial charge in [0, 0.05) is 43.9 Å². The molecule has 0 aromatic heterocycles. The maximum atomic E-state index is 13.3. The molecule has 0 bridgehead atoms. The van der Waals surface area contributed by atoms with E-state index in [1.807, 2.05) is 0 Å². The van der Waals surface area contributed by atoms with Crippen molar-refractivity contribution in [3.63, 3.8) is 0 Å². The van der Waals surface area contributed by atoms with E-state index in [-0.39, 0.29) is 0 Å². The average Bonchev–Trinajstić information content (AvgIpc) is 3.02. The maximum absolute atomic E-state index is 13.3. The molecule has 0 radical (unpaired) electrons. The Kier molecular flexibility index (Phi) is 3.93. The van der Waals surface area contributed by atoms with Crippen molar-refractivity contribution in [1.82, 2.24) is 10.2 Å². The molecule has 0 atom stereocenters. The first kappa shape index (κ1) is 15.6. The minimum atomic E-state index is -0.587. The molecular weight excluding hydrogens is 311 g/mol. The number of allylic oxidation sites excluding steroid dienone is 2. The van der Waals surface area contributed by atoms with Crippen molar-refractivity contribution in [1.29, 1.82) is 0 Å².